The molecule has 0 aromatic carbocycles. The van der Waals surface area contributed by atoms with Gasteiger partial charge in [0.25, 0.3) is 0 Å². The van der Waals surface area contributed by atoms with Gasteiger partial charge < -0.3 is 10.0 Å². The molecular formula is C11H15N3O. The van der Waals surface area contributed by atoms with Crippen molar-refractivity contribution < 1.29 is 5.11 Å². The number of fused-ring (bicyclic) bond motifs is 1. The monoisotopic (exact) mass is 205 g/mol. The molecule has 3 rings (SSSR count). The van der Waals surface area contributed by atoms with Crippen LogP contribution in [-0.2, 0) is 0 Å². The van der Waals surface area contributed by atoms with Crippen LogP contribution in [0.1, 0.15) is 12.8 Å². The van der Waals surface area contributed by atoms with Gasteiger partial charge in [0.05, 0.1) is 6.10 Å². The van der Waals surface area contributed by atoms with E-state index in [1.807, 2.05) is 12.1 Å². The quantitative estimate of drug-likeness (QED) is 0.732. The highest BCUT2D eigenvalue weighted by atomic mass is 16.3. The van der Waals surface area contributed by atoms with Crippen LogP contribution in [0.25, 0.3) is 0 Å². The normalized spacial score (nSPS) is 34.5. The number of aliphatic hydroxyl groups excluding tert-OH is 1. The molecule has 0 amide bonds. The first kappa shape index (κ1) is 9.09. The summed E-state index contributed by atoms with van der Waals surface area (Å²) in [4.78, 5) is 2.24. The lowest BCUT2D eigenvalue weighted by atomic mass is 10.00. The van der Waals surface area contributed by atoms with Crippen LogP contribution in [0.5, 0.6) is 0 Å². The van der Waals surface area contributed by atoms with E-state index in [9.17, 15) is 5.11 Å². The molecule has 1 saturated heterocycles. The first-order chi connectivity index (χ1) is 7.34. The fourth-order valence-electron chi connectivity index (χ4n) is 2.89. The second kappa shape index (κ2) is 3.45. The molecule has 3 unspecified atom stereocenters. The van der Waals surface area contributed by atoms with Gasteiger partial charge in [-0.2, -0.15) is 5.10 Å². The van der Waals surface area contributed by atoms with E-state index in [-0.39, 0.29) is 6.10 Å². The van der Waals surface area contributed by atoms with Crippen molar-refractivity contribution in [2.75, 3.05) is 18.0 Å². The lowest BCUT2D eigenvalue weighted by molar-refractivity contribution is 0.133. The summed E-state index contributed by atoms with van der Waals surface area (Å²) in [6, 6.07) is 3.90. The van der Waals surface area contributed by atoms with Crippen molar-refractivity contribution in [1.29, 1.82) is 0 Å². The van der Waals surface area contributed by atoms with Crippen LogP contribution in [0.4, 0.5) is 5.82 Å². The Labute approximate surface area is 88.9 Å². The minimum absolute atomic E-state index is 0.100. The summed E-state index contributed by atoms with van der Waals surface area (Å²) in [5.41, 5.74) is 0. The summed E-state index contributed by atoms with van der Waals surface area (Å²) in [6.07, 6.45) is 3.72. The standard InChI is InChI=1S/C11H15N3O/c15-10-4-3-8-6-14(7-9(8)10)11-2-1-5-12-13-11/h1-2,5,8-10,15H,3-4,6-7H2. The number of hydrogen-bond donors (Lipinski definition) is 1. The molecule has 1 aliphatic carbocycles. The fourth-order valence-corrected chi connectivity index (χ4v) is 2.89. The van der Waals surface area contributed by atoms with Gasteiger partial charge in [0.15, 0.2) is 5.82 Å². The van der Waals surface area contributed by atoms with E-state index < -0.39 is 0 Å². The molecule has 2 aliphatic rings. The van der Waals surface area contributed by atoms with Crippen molar-refractivity contribution in [2.24, 2.45) is 11.8 Å². The van der Waals surface area contributed by atoms with Gasteiger partial charge >= 0.3 is 0 Å². The Morgan fingerprint density at radius 3 is 3.00 bits per heavy atom. The van der Waals surface area contributed by atoms with Gasteiger partial charge in [-0.3, -0.25) is 0 Å². The maximum Gasteiger partial charge on any atom is 0.151 e. The maximum atomic E-state index is 9.80. The molecule has 3 atom stereocenters. The highest BCUT2D eigenvalue weighted by molar-refractivity contribution is 5.38. The molecule has 0 bridgehead atoms. The van der Waals surface area contributed by atoms with E-state index in [4.69, 9.17) is 0 Å². The third-order valence-corrected chi connectivity index (χ3v) is 3.70. The van der Waals surface area contributed by atoms with Crippen molar-refractivity contribution in [1.82, 2.24) is 10.2 Å². The molecule has 4 heteroatoms. The average Bonchev–Trinajstić information content (AvgIpc) is 2.83. The van der Waals surface area contributed by atoms with Gasteiger partial charge in [-0.25, -0.2) is 0 Å². The van der Waals surface area contributed by atoms with Crippen LogP contribution in [0.3, 0.4) is 0 Å². The number of rotatable bonds is 1. The number of anilines is 1. The summed E-state index contributed by atoms with van der Waals surface area (Å²) in [5.74, 6) is 2.05. The number of aromatic nitrogens is 2. The van der Waals surface area contributed by atoms with E-state index >= 15 is 0 Å². The van der Waals surface area contributed by atoms with Crippen molar-refractivity contribution in [3.8, 4) is 0 Å². The largest absolute Gasteiger partial charge is 0.393 e. The molecule has 1 saturated carbocycles. The van der Waals surface area contributed by atoms with E-state index in [1.165, 1.54) is 0 Å². The van der Waals surface area contributed by atoms with Crippen LogP contribution < -0.4 is 4.90 Å². The number of hydrogen-bond acceptors (Lipinski definition) is 4. The summed E-state index contributed by atoms with van der Waals surface area (Å²) < 4.78 is 0. The Hall–Kier alpha value is -1.16. The van der Waals surface area contributed by atoms with Crippen molar-refractivity contribution in [3.63, 3.8) is 0 Å². The van der Waals surface area contributed by atoms with Crippen molar-refractivity contribution >= 4 is 5.82 Å². The first-order valence-electron chi connectivity index (χ1n) is 5.55. The number of aliphatic hydroxyl groups is 1. The summed E-state index contributed by atoms with van der Waals surface area (Å²) in [5, 5.41) is 17.8. The van der Waals surface area contributed by atoms with Crippen molar-refractivity contribution in [3.05, 3.63) is 18.3 Å². The molecule has 2 fully saturated rings. The third kappa shape index (κ3) is 1.49. The highest BCUT2D eigenvalue weighted by Crippen LogP contribution is 2.39. The summed E-state index contributed by atoms with van der Waals surface area (Å²) in [7, 11) is 0. The van der Waals surface area contributed by atoms with E-state index in [0.29, 0.717) is 11.8 Å². The Balaban J connectivity index is 1.77. The molecule has 1 aromatic rings. The van der Waals surface area contributed by atoms with Crippen LogP contribution in [0.15, 0.2) is 18.3 Å². The van der Waals surface area contributed by atoms with E-state index in [1.54, 1.807) is 6.20 Å². The van der Waals surface area contributed by atoms with Gasteiger partial charge in [0.2, 0.25) is 0 Å². The third-order valence-electron chi connectivity index (χ3n) is 3.70. The molecule has 80 valence electrons. The predicted octanol–water partition coefficient (Wildman–Crippen LogP) is 0.684. The SMILES string of the molecule is OC1CCC2CN(c3cccnn3)CC12. The zero-order chi connectivity index (χ0) is 10.3. The average molecular weight is 205 g/mol. The predicted molar refractivity (Wildman–Crippen MR) is 56.5 cm³/mol. The zero-order valence-electron chi connectivity index (χ0n) is 8.58. The molecule has 0 spiro atoms. The second-order valence-corrected chi connectivity index (χ2v) is 4.56. The first-order valence-corrected chi connectivity index (χ1v) is 5.55. The van der Waals surface area contributed by atoms with Gasteiger partial charge in [-0.1, -0.05) is 0 Å². The van der Waals surface area contributed by atoms with Gasteiger partial charge in [0, 0.05) is 25.2 Å². The van der Waals surface area contributed by atoms with Crippen LogP contribution in [0, 0.1) is 11.8 Å². The minimum Gasteiger partial charge on any atom is -0.393 e. The number of nitrogens with zero attached hydrogens (tertiary/aromatic N) is 3. The molecule has 0 radical (unpaired) electrons. The molecule has 15 heavy (non-hydrogen) atoms. The summed E-state index contributed by atoms with van der Waals surface area (Å²) in [6.45, 7) is 1.96. The second-order valence-electron chi connectivity index (χ2n) is 4.56. The highest BCUT2D eigenvalue weighted by Gasteiger charge is 2.42. The Morgan fingerprint density at radius 2 is 2.27 bits per heavy atom. The molecule has 4 nitrogen and oxygen atoms in total. The molecule has 1 aliphatic heterocycles. The van der Waals surface area contributed by atoms with Gasteiger partial charge in [0.1, 0.15) is 0 Å². The Morgan fingerprint density at radius 1 is 1.33 bits per heavy atom. The Bertz CT molecular complexity index is 343. The van der Waals surface area contributed by atoms with Crippen LogP contribution in [-0.4, -0.2) is 34.5 Å². The topological polar surface area (TPSA) is 49.2 Å². The van der Waals surface area contributed by atoms with Crippen molar-refractivity contribution in [2.45, 2.75) is 18.9 Å². The lowest BCUT2D eigenvalue weighted by Crippen LogP contribution is -2.25. The fraction of sp³-hybridized carbons (Fsp3) is 0.636. The van der Waals surface area contributed by atoms with Crippen LogP contribution >= 0.6 is 0 Å². The minimum atomic E-state index is -0.100. The smallest absolute Gasteiger partial charge is 0.151 e. The van der Waals surface area contributed by atoms with E-state index in [2.05, 4.69) is 15.1 Å². The molecule has 1 aromatic heterocycles. The lowest BCUT2D eigenvalue weighted by Gasteiger charge is -2.18. The maximum absolute atomic E-state index is 9.80. The summed E-state index contributed by atoms with van der Waals surface area (Å²) >= 11 is 0. The van der Waals surface area contributed by atoms with E-state index in [0.717, 1.165) is 31.7 Å². The van der Waals surface area contributed by atoms with Gasteiger partial charge in [-0.05, 0) is 30.9 Å². The molecular weight excluding hydrogens is 190 g/mol. The Kier molecular flexibility index (Phi) is 2.09. The van der Waals surface area contributed by atoms with Gasteiger partial charge in [-0.15, -0.1) is 5.10 Å². The molecule has 1 N–H and O–H groups in total. The zero-order valence-corrected chi connectivity index (χ0v) is 8.58. The molecule has 2 heterocycles. The van der Waals surface area contributed by atoms with Crippen LogP contribution in [0.2, 0.25) is 0 Å².